The van der Waals surface area contributed by atoms with E-state index in [1.54, 1.807) is 6.08 Å². The van der Waals surface area contributed by atoms with Crippen LogP contribution in [0.25, 0.3) is 0 Å². The first kappa shape index (κ1) is 20.3. The van der Waals surface area contributed by atoms with Crippen LogP contribution in [-0.4, -0.2) is 22.2 Å². The summed E-state index contributed by atoms with van der Waals surface area (Å²) in [6.07, 6.45) is 3.87. The first-order valence-electron chi connectivity index (χ1n) is 11.0. The number of carbonyl (C=O) groups excluding carboxylic acids is 1. The van der Waals surface area contributed by atoms with Crippen molar-refractivity contribution in [3.63, 3.8) is 0 Å². The summed E-state index contributed by atoms with van der Waals surface area (Å²) in [5.41, 5.74) is 4.85. The van der Waals surface area contributed by atoms with Gasteiger partial charge in [0, 0.05) is 29.9 Å². The van der Waals surface area contributed by atoms with E-state index in [4.69, 9.17) is 14.6 Å². The van der Waals surface area contributed by atoms with Gasteiger partial charge in [-0.1, -0.05) is 55.1 Å². The average Bonchev–Trinajstić information content (AvgIpc) is 3.12. The normalized spacial score (nSPS) is 17.4. The van der Waals surface area contributed by atoms with Gasteiger partial charge in [-0.05, 0) is 36.6 Å². The van der Waals surface area contributed by atoms with Gasteiger partial charge in [0.25, 0.3) is 0 Å². The predicted molar refractivity (Wildman–Crippen MR) is 123 cm³/mol. The van der Waals surface area contributed by atoms with E-state index in [1.807, 2.05) is 54.1 Å². The summed E-state index contributed by atoms with van der Waals surface area (Å²) < 4.78 is 14.0. The Hall–Kier alpha value is -3.60. The van der Waals surface area contributed by atoms with Crippen molar-refractivity contribution in [3.8, 4) is 11.6 Å². The van der Waals surface area contributed by atoms with Crippen LogP contribution in [0, 0.1) is 6.92 Å². The summed E-state index contributed by atoms with van der Waals surface area (Å²) in [5.74, 6) is 2.31. The summed E-state index contributed by atoms with van der Waals surface area (Å²) >= 11 is 0. The van der Waals surface area contributed by atoms with Crippen LogP contribution >= 0.6 is 0 Å². The van der Waals surface area contributed by atoms with E-state index >= 15 is 0 Å². The molecule has 0 amide bonds. The lowest BCUT2D eigenvalue weighted by atomic mass is 9.77. The summed E-state index contributed by atoms with van der Waals surface area (Å²) in [6.45, 7) is 6.77. The average molecular weight is 427 g/mol. The minimum atomic E-state index is -0.181. The number of aromatic nitrogens is 2. The van der Waals surface area contributed by atoms with Gasteiger partial charge in [0.05, 0.1) is 12.2 Å². The van der Waals surface area contributed by atoms with Gasteiger partial charge in [0.15, 0.2) is 5.78 Å². The topological polar surface area (TPSA) is 53.4 Å². The number of allylic oxidation sites excluding steroid dienone is 2. The van der Waals surface area contributed by atoms with Crippen LogP contribution in [0.15, 0.2) is 78.6 Å². The van der Waals surface area contributed by atoms with E-state index in [9.17, 15) is 4.79 Å². The molecule has 0 N–H and O–H groups in total. The fraction of sp³-hybridized carbons (Fsp3) is 0.259. The minimum Gasteiger partial charge on any atom is -0.490 e. The molecule has 162 valence electrons. The van der Waals surface area contributed by atoms with Gasteiger partial charge in [-0.15, -0.1) is 0 Å². The Kier molecular flexibility index (Phi) is 5.39. The van der Waals surface area contributed by atoms with Crippen molar-refractivity contribution in [1.82, 2.24) is 9.78 Å². The van der Waals surface area contributed by atoms with Crippen LogP contribution in [0.3, 0.4) is 0 Å². The van der Waals surface area contributed by atoms with Gasteiger partial charge < -0.3 is 9.47 Å². The van der Waals surface area contributed by atoms with E-state index in [-0.39, 0.29) is 11.7 Å². The number of fused-ring (bicyclic) bond motifs is 1. The first-order valence-corrected chi connectivity index (χ1v) is 11.0. The third-order valence-corrected chi connectivity index (χ3v) is 6.09. The molecule has 1 aliphatic heterocycles. The van der Waals surface area contributed by atoms with Crippen molar-refractivity contribution in [1.29, 1.82) is 0 Å². The van der Waals surface area contributed by atoms with Gasteiger partial charge in [-0.25, -0.2) is 4.68 Å². The molecule has 1 aliphatic carbocycles. The lowest BCUT2D eigenvalue weighted by molar-refractivity contribution is -0.116. The smallest absolute Gasteiger partial charge is 0.222 e. The molecule has 1 aromatic heterocycles. The molecule has 0 unspecified atom stereocenters. The first-order chi connectivity index (χ1) is 15.7. The maximum Gasteiger partial charge on any atom is 0.222 e. The van der Waals surface area contributed by atoms with Crippen molar-refractivity contribution >= 4 is 5.78 Å². The molecule has 5 heteroatoms. The highest BCUT2D eigenvalue weighted by molar-refractivity contribution is 5.99. The lowest BCUT2D eigenvalue weighted by Crippen LogP contribution is -2.26. The number of ketones is 1. The Morgan fingerprint density at radius 1 is 1.16 bits per heavy atom. The largest absolute Gasteiger partial charge is 0.490 e. The maximum absolute atomic E-state index is 13.0. The molecule has 2 heterocycles. The number of benzene rings is 2. The van der Waals surface area contributed by atoms with Crippen LogP contribution in [0.4, 0.5) is 0 Å². The standard InChI is InChI=1S/C27H26N2O3/c1-3-16-31-21-14-12-20(13-15-21)25-24-18(2)28-29(17-19-8-5-4-6-9-19)27(24)32-23-11-7-10-22(30)26(23)25/h3-6,8-9,12-15,25H,1,7,10-11,16-17H2,2H3/t25-/m0/s1. The molecule has 0 bridgehead atoms. The van der Waals surface area contributed by atoms with Gasteiger partial charge >= 0.3 is 0 Å². The summed E-state index contributed by atoms with van der Waals surface area (Å²) in [7, 11) is 0. The number of Topliss-reactive ketones (excluding diaryl/α,β-unsaturated/α-hetero) is 1. The molecule has 0 spiro atoms. The Labute approximate surface area is 188 Å². The van der Waals surface area contributed by atoms with Crippen LogP contribution in [0.1, 0.15) is 47.6 Å². The van der Waals surface area contributed by atoms with Gasteiger partial charge in [-0.2, -0.15) is 5.10 Å². The maximum atomic E-state index is 13.0. The van der Waals surface area contributed by atoms with E-state index in [1.165, 1.54) is 0 Å². The van der Waals surface area contributed by atoms with E-state index < -0.39 is 0 Å². The summed E-state index contributed by atoms with van der Waals surface area (Å²) in [6, 6.07) is 18.2. The molecular formula is C27H26N2O3. The Morgan fingerprint density at radius 2 is 1.94 bits per heavy atom. The second kappa shape index (κ2) is 8.50. The number of ether oxygens (including phenoxy) is 2. The fourth-order valence-corrected chi connectivity index (χ4v) is 4.65. The zero-order valence-electron chi connectivity index (χ0n) is 18.2. The highest BCUT2D eigenvalue weighted by Gasteiger charge is 2.40. The molecule has 2 aliphatic rings. The number of nitrogens with zero attached hydrogens (tertiary/aromatic N) is 2. The Balaban J connectivity index is 1.59. The monoisotopic (exact) mass is 426 g/mol. The van der Waals surface area contributed by atoms with E-state index in [0.29, 0.717) is 19.6 Å². The molecule has 3 aromatic rings. The molecule has 0 saturated carbocycles. The molecule has 2 aromatic carbocycles. The predicted octanol–water partition coefficient (Wildman–Crippen LogP) is 5.34. The SMILES string of the molecule is C=CCOc1ccc([C@@H]2C3=C(CCCC3=O)Oc3c2c(C)nn3Cc2ccccc2)cc1. The van der Waals surface area contributed by atoms with Crippen LogP contribution in [-0.2, 0) is 11.3 Å². The van der Waals surface area contributed by atoms with Crippen molar-refractivity contribution in [3.05, 3.63) is 101 Å². The molecular weight excluding hydrogens is 400 g/mol. The van der Waals surface area contributed by atoms with Crippen molar-refractivity contribution in [2.24, 2.45) is 0 Å². The molecule has 1 atom stereocenters. The molecule has 5 nitrogen and oxygen atoms in total. The highest BCUT2D eigenvalue weighted by Crippen LogP contribution is 2.48. The second-order valence-electron chi connectivity index (χ2n) is 8.26. The van der Waals surface area contributed by atoms with Gasteiger partial charge in [0.2, 0.25) is 5.88 Å². The quantitative estimate of drug-likeness (QED) is 0.500. The third kappa shape index (κ3) is 3.64. The third-order valence-electron chi connectivity index (χ3n) is 6.09. The number of hydrogen-bond donors (Lipinski definition) is 0. The van der Waals surface area contributed by atoms with Crippen molar-refractivity contribution in [2.75, 3.05) is 6.61 Å². The molecule has 5 rings (SSSR count). The number of aryl methyl sites for hydroxylation is 1. The van der Waals surface area contributed by atoms with Crippen LogP contribution in [0.2, 0.25) is 0 Å². The molecule has 0 radical (unpaired) electrons. The number of hydrogen-bond acceptors (Lipinski definition) is 4. The van der Waals surface area contributed by atoms with Crippen molar-refractivity contribution in [2.45, 2.75) is 38.6 Å². The zero-order chi connectivity index (χ0) is 22.1. The zero-order valence-corrected chi connectivity index (χ0v) is 18.2. The minimum absolute atomic E-state index is 0.170. The Morgan fingerprint density at radius 3 is 2.69 bits per heavy atom. The van der Waals surface area contributed by atoms with E-state index in [2.05, 4.69) is 18.7 Å². The number of rotatable bonds is 6. The molecule has 0 fully saturated rings. The number of carbonyl (C=O) groups is 1. The summed E-state index contributed by atoms with van der Waals surface area (Å²) in [4.78, 5) is 13.0. The highest BCUT2D eigenvalue weighted by atomic mass is 16.5. The summed E-state index contributed by atoms with van der Waals surface area (Å²) in [5, 5.41) is 4.82. The van der Waals surface area contributed by atoms with E-state index in [0.717, 1.165) is 58.2 Å². The second-order valence-corrected chi connectivity index (χ2v) is 8.26. The van der Waals surface area contributed by atoms with Gasteiger partial charge in [-0.3, -0.25) is 4.79 Å². The van der Waals surface area contributed by atoms with Gasteiger partial charge in [0.1, 0.15) is 18.1 Å². The molecule has 32 heavy (non-hydrogen) atoms. The van der Waals surface area contributed by atoms with Crippen molar-refractivity contribution < 1.29 is 14.3 Å². The lowest BCUT2D eigenvalue weighted by Gasteiger charge is -2.31. The molecule has 0 saturated heterocycles. The van der Waals surface area contributed by atoms with Crippen LogP contribution < -0.4 is 9.47 Å². The Bertz CT molecular complexity index is 1190. The fourth-order valence-electron chi connectivity index (χ4n) is 4.65. The van der Waals surface area contributed by atoms with Crippen LogP contribution in [0.5, 0.6) is 11.6 Å².